The van der Waals surface area contributed by atoms with Gasteiger partial charge < -0.3 is 15.7 Å². The topological polar surface area (TPSA) is 139 Å². The number of rotatable bonds is 6. The van der Waals surface area contributed by atoms with Gasteiger partial charge in [-0.2, -0.15) is 0 Å². The molecule has 10 heteroatoms. The molecular weight excluding hydrogens is 398 g/mol. The Morgan fingerprint density at radius 3 is 2.52 bits per heavy atom. The van der Waals surface area contributed by atoms with Crippen molar-refractivity contribution < 1.29 is 24.4 Å². The number of nitro groups is 1. The summed E-state index contributed by atoms with van der Waals surface area (Å²) in [4.78, 5) is 47.0. The first-order chi connectivity index (χ1) is 13.9. The highest BCUT2D eigenvalue weighted by molar-refractivity contribution is 7.14. The molecule has 1 saturated carbocycles. The minimum Gasteiger partial charge on any atom is -0.481 e. The maximum absolute atomic E-state index is 12.7. The monoisotopic (exact) mass is 417 g/mol. The number of anilines is 2. The Morgan fingerprint density at radius 1 is 1.10 bits per heavy atom. The van der Waals surface area contributed by atoms with Crippen molar-refractivity contribution in [3.63, 3.8) is 0 Å². The third-order valence-corrected chi connectivity index (χ3v) is 5.71. The molecule has 0 spiro atoms. The first kappa shape index (κ1) is 20.5. The standard InChI is InChI=1S/C19H19N3O6S/c23-16(13-6-1-2-7-14(13)19(25)26)21-18-15(8-9-29-18)17(24)20-11-4-3-5-12(10-11)22(27)28/h3-5,8-10,13-14H,1-2,6-7H2,(H,20,24)(H,21,23)(H,25,26). The van der Waals surface area contributed by atoms with Crippen LogP contribution in [-0.2, 0) is 9.59 Å². The summed E-state index contributed by atoms with van der Waals surface area (Å²) in [6.45, 7) is 0. The van der Waals surface area contributed by atoms with E-state index in [1.54, 1.807) is 5.38 Å². The number of nitrogens with zero attached hydrogens (tertiary/aromatic N) is 1. The fourth-order valence-electron chi connectivity index (χ4n) is 3.43. The van der Waals surface area contributed by atoms with Crippen LogP contribution in [0.25, 0.3) is 0 Å². The molecule has 1 aliphatic rings. The second-order valence-corrected chi connectivity index (χ2v) is 7.67. The number of carboxylic acids is 1. The van der Waals surface area contributed by atoms with Crippen LogP contribution in [0.2, 0.25) is 0 Å². The van der Waals surface area contributed by atoms with Crippen LogP contribution in [0.1, 0.15) is 36.0 Å². The molecule has 0 aliphatic heterocycles. The average Bonchev–Trinajstić information content (AvgIpc) is 3.16. The number of thiophene rings is 1. The van der Waals surface area contributed by atoms with Gasteiger partial charge in [0.15, 0.2) is 0 Å². The number of carbonyl (C=O) groups excluding carboxylic acids is 2. The van der Waals surface area contributed by atoms with Crippen LogP contribution in [0, 0.1) is 22.0 Å². The second-order valence-electron chi connectivity index (χ2n) is 6.75. The molecule has 0 radical (unpaired) electrons. The SMILES string of the molecule is O=C(Nc1cccc([N+](=O)[O-])c1)c1ccsc1NC(=O)C1CCCCC1C(=O)O. The molecule has 152 valence electrons. The van der Waals surface area contributed by atoms with Gasteiger partial charge in [-0.05, 0) is 30.4 Å². The summed E-state index contributed by atoms with van der Waals surface area (Å²) in [6.07, 6.45) is 2.50. The Morgan fingerprint density at radius 2 is 1.83 bits per heavy atom. The van der Waals surface area contributed by atoms with Crippen LogP contribution in [0.5, 0.6) is 0 Å². The number of nitro benzene ring substituents is 1. The summed E-state index contributed by atoms with van der Waals surface area (Å²) in [5.74, 6) is -3.30. The molecule has 0 bridgehead atoms. The highest BCUT2D eigenvalue weighted by Crippen LogP contribution is 2.33. The maximum Gasteiger partial charge on any atom is 0.307 e. The molecule has 1 fully saturated rings. The zero-order valence-electron chi connectivity index (χ0n) is 15.3. The molecule has 29 heavy (non-hydrogen) atoms. The number of aliphatic carboxylic acids is 1. The highest BCUT2D eigenvalue weighted by atomic mass is 32.1. The molecule has 2 amide bonds. The Bertz CT molecular complexity index is 957. The van der Waals surface area contributed by atoms with Crippen molar-refractivity contribution in [2.24, 2.45) is 11.8 Å². The summed E-state index contributed by atoms with van der Waals surface area (Å²) >= 11 is 1.15. The zero-order valence-corrected chi connectivity index (χ0v) is 16.1. The predicted molar refractivity (Wildman–Crippen MR) is 107 cm³/mol. The third kappa shape index (κ3) is 4.77. The molecule has 2 atom stereocenters. The number of nitrogens with one attached hydrogen (secondary N) is 2. The fraction of sp³-hybridized carbons (Fsp3) is 0.316. The van der Waals surface area contributed by atoms with E-state index in [4.69, 9.17) is 0 Å². The van der Waals surface area contributed by atoms with Gasteiger partial charge in [-0.3, -0.25) is 24.5 Å². The lowest BCUT2D eigenvalue weighted by atomic mass is 9.79. The molecule has 1 aromatic carbocycles. The van der Waals surface area contributed by atoms with Crippen molar-refractivity contribution in [3.05, 3.63) is 51.4 Å². The van der Waals surface area contributed by atoms with Gasteiger partial charge in [-0.25, -0.2) is 0 Å². The summed E-state index contributed by atoms with van der Waals surface area (Å²) in [5, 5.41) is 27.4. The van der Waals surface area contributed by atoms with Crippen molar-refractivity contribution in [1.82, 2.24) is 0 Å². The fourth-order valence-corrected chi connectivity index (χ4v) is 4.21. The summed E-state index contributed by atoms with van der Waals surface area (Å²) < 4.78 is 0. The first-order valence-electron chi connectivity index (χ1n) is 9.04. The molecule has 3 N–H and O–H groups in total. The van der Waals surface area contributed by atoms with Crippen LogP contribution in [0.4, 0.5) is 16.4 Å². The van der Waals surface area contributed by atoms with E-state index < -0.39 is 34.5 Å². The Labute approximate surface area is 169 Å². The van der Waals surface area contributed by atoms with Crippen molar-refractivity contribution in [2.45, 2.75) is 25.7 Å². The Balaban J connectivity index is 1.72. The number of benzene rings is 1. The quantitative estimate of drug-likeness (QED) is 0.483. The summed E-state index contributed by atoms with van der Waals surface area (Å²) in [5.41, 5.74) is 0.307. The largest absolute Gasteiger partial charge is 0.481 e. The van der Waals surface area contributed by atoms with Crippen LogP contribution in [-0.4, -0.2) is 27.8 Å². The van der Waals surface area contributed by atoms with E-state index >= 15 is 0 Å². The lowest BCUT2D eigenvalue weighted by Crippen LogP contribution is -2.36. The van der Waals surface area contributed by atoms with Gasteiger partial charge in [-0.15, -0.1) is 11.3 Å². The minimum absolute atomic E-state index is 0.154. The van der Waals surface area contributed by atoms with Crippen LogP contribution < -0.4 is 10.6 Å². The molecule has 1 heterocycles. The number of hydrogen-bond acceptors (Lipinski definition) is 6. The Kier molecular flexibility index (Phi) is 6.23. The van der Waals surface area contributed by atoms with Gasteiger partial charge in [0.2, 0.25) is 5.91 Å². The summed E-state index contributed by atoms with van der Waals surface area (Å²) in [6, 6.07) is 7.06. The number of carbonyl (C=O) groups is 3. The summed E-state index contributed by atoms with van der Waals surface area (Å²) in [7, 11) is 0. The average molecular weight is 417 g/mol. The van der Waals surface area contributed by atoms with E-state index in [9.17, 15) is 29.6 Å². The van der Waals surface area contributed by atoms with Gasteiger partial charge >= 0.3 is 5.97 Å². The van der Waals surface area contributed by atoms with Crippen LogP contribution in [0.15, 0.2) is 35.7 Å². The first-order valence-corrected chi connectivity index (χ1v) is 9.91. The number of non-ortho nitro benzene ring substituents is 1. The molecule has 9 nitrogen and oxygen atoms in total. The van der Waals surface area contributed by atoms with E-state index in [-0.39, 0.29) is 16.9 Å². The van der Waals surface area contributed by atoms with Crippen molar-refractivity contribution in [3.8, 4) is 0 Å². The molecule has 3 rings (SSSR count). The second kappa shape index (κ2) is 8.82. The maximum atomic E-state index is 12.7. The van der Waals surface area contributed by atoms with Gasteiger partial charge in [0.1, 0.15) is 5.00 Å². The van der Waals surface area contributed by atoms with Crippen molar-refractivity contribution in [1.29, 1.82) is 0 Å². The zero-order chi connectivity index (χ0) is 21.0. The molecule has 1 aromatic heterocycles. The normalized spacial score (nSPS) is 18.6. The number of carboxylic acid groups (broad SMARTS) is 1. The third-order valence-electron chi connectivity index (χ3n) is 4.88. The molecule has 2 unspecified atom stereocenters. The minimum atomic E-state index is -0.986. The molecule has 1 aliphatic carbocycles. The predicted octanol–water partition coefficient (Wildman–Crippen LogP) is 3.74. The van der Waals surface area contributed by atoms with Crippen LogP contribution >= 0.6 is 11.3 Å². The molecular formula is C19H19N3O6S. The van der Waals surface area contributed by atoms with E-state index in [1.165, 1.54) is 30.3 Å². The van der Waals surface area contributed by atoms with E-state index in [0.717, 1.165) is 24.2 Å². The highest BCUT2D eigenvalue weighted by Gasteiger charge is 2.36. The van der Waals surface area contributed by atoms with Gasteiger partial charge in [0, 0.05) is 17.8 Å². The molecule has 2 aromatic rings. The van der Waals surface area contributed by atoms with Crippen molar-refractivity contribution >= 4 is 45.5 Å². The lowest BCUT2D eigenvalue weighted by Gasteiger charge is -2.27. The lowest BCUT2D eigenvalue weighted by molar-refractivity contribution is -0.384. The number of hydrogen-bond donors (Lipinski definition) is 3. The number of amides is 2. The molecule has 0 saturated heterocycles. The van der Waals surface area contributed by atoms with Gasteiger partial charge in [0.25, 0.3) is 11.6 Å². The van der Waals surface area contributed by atoms with Crippen molar-refractivity contribution in [2.75, 3.05) is 10.6 Å². The van der Waals surface area contributed by atoms with E-state index in [0.29, 0.717) is 17.8 Å². The van der Waals surface area contributed by atoms with Gasteiger partial charge in [0.05, 0.1) is 22.3 Å². The Hall–Kier alpha value is -3.27. The van der Waals surface area contributed by atoms with E-state index in [1.807, 2.05) is 0 Å². The smallest absolute Gasteiger partial charge is 0.307 e. The van der Waals surface area contributed by atoms with Crippen LogP contribution in [0.3, 0.4) is 0 Å². The van der Waals surface area contributed by atoms with E-state index in [2.05, 4.69) is 10.6 Å². The van der Waals surface area contributed by atoms with Gasteiger partial charge in [-0.1, -0.05) is 18.9 Å².